The lowest BCUT2D eigenvalue weighted by atomic mass is 10.4. The molecule has 0 spiro atoms. The van der Waals surface area contributed by atoms with E-state index in [-0.39, 0.29) is 0 Å². The van der Waals surface area contributed by atoms with E-state index in [1.165, 1.54) is 18.3 Å². The predicted molar refractivity (Wildman–Crippen MR) is 44.4 cm³/mol. The molecule has 0 fully saturated rings. The largest absolute Gasteiger partial charge is 0.309 e. The fourth-order valence-corrected chi connectivity index (χ4v) is 1.18. The zero-order valence-electron chi connectivity index (χ0n) is 6.01. The third-order valence-electron chi connectivity index (χ3n) is 1.31. The van der Waals surface area contributed by atoms with Crippen LogP contribution >= 0.6 is 15.9 Å². The standard InChI is InChI=1S/C7H6BrF2NO/c8-5-2-1-3-11(7(5)12)4-6(9)10/h1-3,6H,4H2. The minimum absolute atomic E-state index is 0.297. The second-order valence-corrected chi connectivity index (χ2v) is 3.06. The van der Waals surface area contributed by atoms with Crippen molar-refractivity contribution in [1.29, 1.82) is 0 Å². The number of hydrogen-bond acceptors (Lipinski definition) is 1. The van der Waals surface area contributed by atoms with Gasteiger partial charge in [-0.3, -0.25) is 4.79 Å². The molecule has 0 bridgehead atoms. The molecule has 5 heteroatoms. The van der Waals surface area contributed by atoms with E-state index in [9.17, 15) is 13.6 Å². The summed E-state index contributed by atoms with van der Waals surface area (Å²) in [5.41, 5.74) is -0.433. The average Bonchev–Trinajstić information content (AvgIpc) is 1.98. The Morgan fingerprint density at radius 3 is 2.83 bits per heavy atom. The Balaban J connectivity index is 3.01. The Morgan fingerprint density at radius 1 is 1.58 bits per heavy atom. The Kier molecular flexibility index (Phi) is 2.97. The molecule has 1 heterocycles. The minimum Gasteiger partial charge on any atom is -0.309 e. The highest BCUT2D eigenvalue weighted by atomic mass is 79.9. The van der Waals surface area contributed by atoms with Crippen LogP contribution in [0.1, 0.15) is 0 Å². The van der Waals surface area contributed by atoms with E-state index in [2.05, 4.69) is 15.9 Å². The summed E-state index contributed by atoms with van der Waals surface area (Å²) >= 11 is 2.96. The van der Waals surface area contributed by atoms with Gasteiger partial charge in [0, 0.05) is 6.20 Å². The molecule has 0 atom stereocenters. The van der Waals surface area contributed by atoms with Crippen LogP contribution in [-0.4, -0.2) is 11.0 Å². The van der Waals surface area contributed by atoms with Gasteiger partial charge in [0.05, 0.1) is 11.0 Å². The van der Waals surface area contributed by atoms with Crippen molar-refractivity contribution in [2.75, 3.05) is 0 Å². The number of nitrogens with zero attached hydrogens (tertiary/aromatic N) is 1. The molecule has 1 aromatic heterocycles. The van der Waals surface area contributed by atoms with Gasteiger partial charge in [0.1, 0.15) is 0 Å². The Bertz CT molecular complexity index is 323. The zero-order valence-corrected chi connectivity index (χ0v) is 7.59. The number of aromatic nitrogens is 1. The number of alkyl halides is 2. The SMILES string of the molecule is O=c1c(Br)cccn1CC(F)F. The molecule has 66 valence electrons. The number of halogens is 3. The number of hydrogen-bond donors (Lipinski definition) is 0. The van der Waals surface area contributed by atoms with Crippen molar-refractivity contribution in [2.24, 2.45) is 0 Å². The van der Waals surface area contributed by atoms with E-state index in [1.54, 1.807) is 0 Å². The fraction of sp³-hybridized carbons (Fsp3) is 0.286. The minimum atomic E-state index is -2.50. The van der Waals surface area contributed by atoms with Crippen LogP contribution in [0.15, 0.2) is 27.6 Å². The molecule has 0 aromatic carbocycles. The molecule has 1 rings (SSSR count). The summed E-state index contributed by atoms with van der Waals surface area (Å²) in [4.78, 5) is 11.1. The van der Waals surface area contributed by atoms with Crippen molar-refractivity contribution in [1.82, 2.24) is 4.57 Å². The van der Waals surface area contributed by atoms with Gasteiger partial charge in [-0.2, -0.15) is 0 Å². The molecule has 0 amide bonds. The van der Waals surface area contributed by atoms with Gasteiger partial charge >= 0.3 is 0 Å². The molecule has 0 N–H and O–H groups in total. The predicted octanol–water partition coefficient (Wildman–Crippen LogP) is 1.88. The topological polar surface area (TPSA) is 22.0 Å². The third-order valence-corrected chi connectivity index (χ3v) is 1.91. The van der Waals surface area contributed by atoms with E-state index in [0.29, 0.717) is 4.47 Å². The van der Waals surface area contributed by atoms with Crippen LogP contribution in [-0.2, 0) is 6.54 Å². The van der Waals surface area contributed by atoms with Crippen LogP contribution in [0.2, 0.25) is 0 Å². The molecule has 0 saturated carbocycles. The molecule has 2 nitrogen and oxygen atoms in total. The Hall–Kier alpha value is -0.710. The maximum atomic E-state index is 11.9. The summed E-state index contributed by atoms with van der Waals surface area (Å²) in [6.07, 6.45) is -1.17. The van der Waals surface area contributed by atoms with E-state index in [1.807, 2.05) is 0 Å². The highest BCUT2D eigenvalue weighted by molar-refractivity contribution is 9.10. The van der Waals surface area contributed by atoms with Crippen LogP contribution in [0, 0.1) is 0 Å². The van der Waals surface area contributed by atoms with E-state index in [0.717, 1.165) is 4.57 Å². The van der Waals surface area contributed by atoms with Gasteiger partial charge in [0.2, 0.25) is 0 Å². The molecular weight excluding hydrogens is 232 g/mol. The van der Waals surface area contributed by atoms with Gasteiger partial charge in [-0.1, -0.05) is 0 Å². The van der Waals surface area contributed by atoms with E-state index >= 15 is 0 Å². The van der Waals surface area contributed by atoms with E-state index in [4.69, 9.17) is 0 Å². The monoisotopic (exact) mass is 237 g/mol. The maximum absolute atomic E-state index is 11.9. The van der Waals surface area contributed by atoms with Crippen LogP contribution in [0.25, 0.3) is 0 Å². The smallest absolute Gasteiger partial charge is 0.265 e. The first-order chi connectivity index (χ1) is 5.61. The van der Waals surface area contributed by atoms with Gasteiger partial charge in [0.25, 0.3) is 12.0 Å². The summed E-state index contributed by atoms with van der Waals surface area (Å²) in [6, 6.07) is 3.05. The van der Waals surface area contributed by atoms with Crippen LogP contribution < -0.4 is 5.56 Å². The molecule has 0 aliphatic heterocycles. The summed E-state index contributed by atoms with van der Waals surface area (Å²) in [5.74, 6) is 0. The van der Waals surface area contributed by atoms with Gasteiger partial charge in [-0.25, -0.2) is 8.78 Å². The summed E-state index contributed by atoms with van der Waals surface area (Å²) < 4.78 is 25.0. The van der Waals surface area contributed by atoms with Crippen LogP contribution in [0.4, 0.5) is 8.78 Å². The number of rotatable bonds is 2. The number of pyridine rings is 1. The van der Waals surface area contributed by atoms with Gasteiger partial charge in [-0.15, -0.1) is 0 Å². The molecule has 12 heavy (non-hydrogen) atoms. The molecule has 0 saturated heterocycles. The summed E-state index contributed by atoms with van der Waals surface area (Å²) in [5, 5.41) is 0. The zero-order chi connectivity index (χ0) is 9.14. The average molecular weight is 238 g/mol. The summed E-state index contributed by atoms with van der Waals surface area (Å²) in [6.45, 7) is -0.557. The third kappa shape index (κ3) is 2.14. The maximum Gasteiger partial charge on any atom is 0.265 e. The normalized spacial score (nSPS) is 10.7. The lowest BCUT2D eigenvalue weighted by Crippen LogP contribution is -2.22. The van der Waals surface area contributed by atoms with Crippen LogP contribution in [0.5, 0.6) is 0 Å². The quantitative estimate of drug-likeness (QED) is 0.770. The van der Waals surface area contributed by atoms with E-state index < -0.39 is 18.5 Å². The van der Waals surface area contributed by atoms with Crippen molar-refractivity contribution in [3.63, 3.8) is 0 Å². The highest BCUT2D eigenvalue weighted by Gasteiger charge is 2.06. The Morgan fingerprint density at radius 2 is 2.25 bits per heavy atom. The van der Waals surface area contributed by atoms with Crippen molar-refractivity contribution < 1.29 is 8.78 Å². The molecule has 0 radical (unpaired) electrons. The lowest BCUT2D eigenvalue weighted by molar-refractivity contribution is 0.125. The van der Waals surface area contributed by atoms with Crippen LogP contribution in [0.3, 0.4) is 0 Å². The molecule has 0 unspecified atom stereocenters. The fourth-order valence-electron chi connectivity index (χ4n) is 0.800. The Labute approximate surface area is 76.0 Å². The molecule has 1 aromatic rings. The lowest BCUT2D eigenvalue weighted by Gasteiger charge is -2.03. The summed E-state index contributed by atoms with van der Waals surface area (Å²) in [7, 11) is 0. The van der Waals surface area contributed by atoms with Gasteiger partial charge in [-0.05, 0) is 28.1 Å². The van der Waals surface area contributed by atoms with Crippen molar-refractivity contribution in [3.05, 3.63) is 33.2 Å². The molecule has 0 aliphatic rings. The second-order valence-electron chi connectivity index (χ2n) is 2.20. The van der Waals surface area contributed by atoms with Crippen molar-refractivity contribution >= 4 is 15.9 Å². The van der Waals surface area contributed by atoms with Gasteiger partial charge in [0.15, 0.2) is 0 Å². The van der Waals surface area contributed by atoms with Gasteiger partial charge < -0.3 is 4.57 Å². The molecular formula is C7H6BrF2NO. The first-order valence-corrected chi connectivity index (χ1v) is 4.03. The van der Waals surface area contributed by atoms with Crippen molar-refractivity contribution in [3.8, 4) is 0 Å². The molecule has 0 aliphatic carbocycles. The second kappa shape index (κ2) is 3.80. The first kappa shape index (κ1) is 9.38. The highest BCUT2D eigenvalue weighted by Crippen LogP contribution is 2.02. The first-order valence-electron chi connectivity index (χ1n) is 3.24. The van der Waals surface area contributed by atoms with Crippen molar-refractivity contribution in [2.45, 2.75) is 13.0 Å².